The lowest BCUT2D eigenvalue weighted by atomic mass is 9.74. The van der Waals surface area contributed by atoms with E-state index in [1.807, 2.05) is 0 Å². The number of halogens is 1. The number of aliphatic hydroxyl groups is 1. The average Bonchev–Trinajstić information content (AvgIpc) is 2.41. The van der Waals surface area contributed by atoms with Crippen molar-refractivity contribution in [3.63, 3.8) is 0 Å². The zero-order valence-electron chi connectivity index (χ0n) is 11.2. The molecule has 2 nitrogen and oxygen atoms in total. The van der Waals surface area contributed by atoms with Gasteiger partial charge in [0.25, 0.3) is 0 Å². The lowest BCUT2D eigenvalue weighted by molar-refractivity contribution is -0.00138. The number of rotatable bonds is 2. The summed E-state index contributed by atoms with van der Waals surface area (Å²) in [7, 11) is 0. The Labute approximate surface area is 113 Å². The molecule has 1 spiro atoms. The van der Waals surface area contributed by atoms with E-state index in [2.05, 4.69) is 0 Å². The van der Waals surface area contributed by atoms with Crippen molar-refractivity contribution in [3.05, 3.63) is 29.6 Å². The molecule has 1 saturated carbocycles. The number of hydrogen-bond acceptors (Lipinski definition) is 2. The van der Waals surface area contributed by atoms with Gasteiger partial charge in [0.2, 0.25) is 0 Å². The van der Waals surface area contributed by atoms with Crippen LogP contribution >= 0.6 is 0 Å². The van der Waals surface area contributed by atoms with Crippen LogP contribution in [0.3, 0.4) is 0 Å². The molecule has 3 heteroatoms. The summed E-state index contributed by atoms with van der Waals surface area (Å²) < 4.78 is 19.7. The van der Waals surface area contributed by atoms with Crippen LogP contribution in [-0.4, -0.2) is 17.3 Å². The molecule has 3 rings (SSSR count). The van der Waals surface area contributed by atoms with E-state index in [-0.39, 0.29) is 23.9 Å². The third-order valence-electron chi connectivity index (χ3n) is 4.60. The lowest BCUT2D eigenvalue weighted by Gasteiger charge is -2.44. The van der Waals surface area contributed by atoms with Crippen molar-refractivity contribution in [2.45, 2.75) is 56.5 Å². The normalized spacial score (nSPS) is 24.8. The zero-order valence-corrected chi connectivity index (χ0v) is 11.2. The molecule has 19 heavy (non-hydrogen) atoms. The van der Waals surface area contributed by atoms with Gasteiger partial charge < -0.3 is 9.84 Å². The molecule has 1 aliphatic carbocycles. The quantitative estimate of drug-likeness (QED) is 0.881. The topological polar surface area (TPSA) is 29.5 Å². The maximum absolute atomic E-state index is 13.4. The van der Waals surface area contributed by atoms with E-state index in [0.29, 0.717) is 6.42 Å². The van der Waals surface area contributed by atoms with Gasteiger partial charge in [-0.05, 0) is 62.6 Å². The van der Waals surface area contributed by atoms with Gasteiger partial charge in [0.15, 0.2) is 0 Å². The van der Waals surface area contributed by atoms with E-state index >= 15 is 0 Å². The Hall–Kier alpha value is -1.09. The molecule has 1 atom stereocenters. The molecule has 1 N–H and O–H groups in total. The van der Waals surface area contributed by atoms with Gasteiger partial charge in [-0.3, -0.25) is 0 Å². The molecular formula is C16H21FO2. The summed E-state index contributed by atoms with van der Waals surface area (Å²) >= 11 is 0. The maximum atomic E-state index is 13.4. The number of aliphatic hydroxyl groups excluding tert-OH is 1. The Morgan fingerprint density at radius 2 is 2.05 bits per heavy atom. The summed E-state index contributed by atoms with van der Waals surface area (Å²) in [6.07, 6.45) is 7.50. The highest BCUT2D eigenvalue weighted by Gasteiger charge is 2.41. The number of hydrogen-bond donors (Lipinski definition) is 1. The molecule has 2 aliphatic rings. The Balaban J connectivity index is 1.94. The van der Waals surface area contributed by atoms with Gasteiger partial charge in [-0.1, -0.05) is 6.42 Å². The van der Waals surface area contributed by atoms with Gasteiger partial charge in [0.05, 0.1) is 0 Å². The summed E-state index contributed by atoms with van der Waals surface area (Å²) in [6, 6.07) is 4.80. The minimum absolute atomic E-state index is 0.0666. The third-order valence-corrected chi connectivity index (χ3v) is 4.60. The van der Waals surface area contributed by atoms with Gasteiger partial charge in [0, 0.05) is 12.2 Å². The molecule has 0 aromatic heterocycles. The van der Waals surface area contributed by atoms with Crippen molar-refractivity contribution in [3.8, 4) is 5.75 Å². The fourth-order valence-corrected chi connectivity index (χ4v) is 3.68. The molecule has 1 aromatic carbocycles. The Kier molecular flexibility index (Phi) is 3.48. The van der Waals surface area contributed by atoms with Crippen LogP contribution in [0.2, 0.25) is 0 Å². The van der Waals surface area contributed by atoms with E-state index in [4.69, 9.17) is 4.74 Å². The van der Waals surface area contributed by atoms with Crippen LogP contribution in [0, 0.1) is 5.82 Å². The zero-order chi connectivity index (χ0) is 13.3. The monoisotopic (exact) mass is 264 g/mol. The van der Waals surface area contributed by atoms with Crippen molar-refractivity contribution >= 4 is 0 Å². The highest BCUT2D eigenvalue weighted by atomic mass is 19.1. The second-order valence-corrected chi connectivity index (χ2v) is 5.94. The first kappa shape index (κ1) is 12.9. The first-order valence-corrected chi connectivity index (χ1v) is 7.32. The van der Waals surface area contributed by atoms with E-state index in [1.54, 1.807) is 12.1 Å². The van der Waals surface area contributed by atoms with Crippen LogP contribution in [-0.2, 0) is 0 Å². The standard InChI is InChI=1S/C16H21FO2/c17-13-4-5-15-14(10-13)12(6-9-18)11-16(19-15)7-2-1-3-8-16/h4-5,10,12,18H,1-3,6-9,11H2. The van der Waals surface area contributed by atoms with E-state index in [0.717, 1.165) is 30.6 Å². The molecule has 1 aromatic rings. The molecule has 0 radical (unpaired) electrons. The van der Waals surface area contributed by atoms with Crippen LogP contribution in [0.4, 0.5) is 4.39 Å². The number of ether oxygens (including phenoxy) is 1. The van der Waals surface area contributed by atoms with Crippen LogP contribution < -0.4 is 4.74 Å². The third kappa shape index (κ3) is 2.48. The number of fused-ring (bicyclic) bond motifs is 1. The Morgan fingerprint density at radius 1 is 1.26 bits per heavy atom. The summed E-state index contributed by atoms with van der Waals surface area (Å²) in [5.74, 6) is 0.834. The van der Waals surface area contributed by atoms with Crippen molar-refractivity contribution < 1.29 is 14.2 Å². The minimum Gasteiger partial charge on any atom is -0.487 e. The summed E-state index contributed by atoms with van der Waals surface area (Å²) in [6.45, 7) is 0.150. The Morgan fingerprint density at radius 3 is 2.79 bits per heavy atom. The van der Waals surface area contributed by atoms with E-state index in [9.17, 15) is 9.50 Å². The van der Waals surface area contributed by atoms with E-state index in [1.165, 1.54) is 25.3 Å². The smallest absolute Gasteiger partial charge is 0.123 e. The van der Waals surface area contributed by atoms with Gasteiger partial charge in [0.1, 0.15) is 17.2 Å². The highest BCUT2D eigenvalue weighted by Crippen LogP contribution is 2.48. The molecule has 1 unspecified atom stereocenters. The largest absolute Gasteiger partial charge is 0.487 e. The minimum atomic E-state index is -0.218. The van der Waals surface area contributed by atoms with Crippen molar-refractivity contribution in [1.82, 2.24) is 0 Å². The molecule has 1 aliphatic heterocycles. The number of benzene rings is 1. The summed E-state index contributed by atoms with van der Waals surface area (Å²) in [4.78, 5) is 0. The molecule has 0 saturated heterocycles. The summed E-state index contributed by atoms with van der Waals surface area (Å²) in [5.41, 5.74) is 0.869. The fraction of sp³-hybridized carbons (Fsp3) is 0.625. The fourth-order valence-electron chi connectivity index (χ4n) is 3.68. The molecule has 1 heterocycles. The van der Waals surface area contributed by atoms with Crippen molar-refractivity contribution in [1.29, 1.82) is 0 Å². The molecule has 0 bridgehead atoms. The molecule has 104 valence electrons. The van der Waals surface area contributed by atoms with E-state index < -0.39 is 0 Å². The second kappa shape index (κ2) is 5.12. The first-order chi connectivity index (χ1) is 9.22. The highest BCUT2D eigenvalue weighted by molar-refractivity contribution is 5.40. The Bertz CT molecular complexity index is 452. The van der Waals surface area contributed by atoms with Gasteiger partial charge >= 0.3 is 0 Å². The molecule has 1 fully saturated rings. The van der Waals surface area contributed by atoms with Crippen LogP contribution in [0.5, 0.6) is 5.75 Å². The lowest BCUT2D eigenvalue weighted by Crippen LogP contribution is -2.42. The SMILES string of the molecule is OCCC1CC2(CCCCC2)Oc2ccc(F)cc21. The van der Waals surface area contributed by atoms with Crippen LogP contribution in [0.25, 0.3) is 0 Å². The van der Waals surface area contributed by atoms with Crippen LogP contribution in [0.15, 0.2) is 18.2 Å². The molecular weight excluding hydrogens is 243 g/mol. The predicted molar refractivity (Wildman–Crippen MR) is 71.9 cm³/mol. The first-order valence-electron chi connectivity index (χ1n) is 7.32. The molecule has 0 amide bonds. The van der Waals surface area contributed by atoms with Gasteiger partial charge in [-0.25, -0.2) is 4.39 Å². The van der Waals surface area contributed by atoms with Crippen molar-refractivity contribution in [2.75, 3.05) is 6.61 Å². The summed E-state index contributed by atoms with van der Waals surface area (Å²) in [5, 5.41) is 9.27. The second-order valence-electron chi connectivity index (χ2n) is 5.94. The average molecular weight is 264 g/mol. The van der Waals surface area contributed by atoms with Crippen LogP contribution in [0.1, 0.15) is 56.4 Å². The maximum Gasteiger partial charge on any atom is 0.123 e. The van der Waals surface area contributed by atoms with Gasteiger partial charge in [-0.2, -0.15) is 0 Å². The van der Waals surface area contributed by atoms with Crippen molar-refractivity contribution in [2.24, 2.45) is 0 Å². The van der Waals surface area contributed by atoms with Gasteiger partial charge in [-0.15, -0.1) is 0 Å². The predicted octanol–water partition coefficient (Wildman–Crippen LogP) is 3.78.